The predicted molar refractivity (Wildman–Crippen MR) is 72.1 cm³/mol. The van der Waals surface area contributed by atoms with Gasteiger partial charge in [0.15, 0.2) is 0 Å². The summed E-state index contributed by atoms with van der Waals surface area (Å²) in [6, 6.07) is 5.34. The van der Waals surface area contributed by atoms with Gasteiger partial charge < -0.3 is 14.7 Å². The molecule has 0 bridgehead atoms. The van der Waals surface area contributed by atoms with Crippen molar-refractivity contribution in [3.05, 3.63) is 34.4 Å². The first-order valence-electron chi connectivity index (χ1n) is 6.24. The lowest BCUT2D eigenvalue weighted by Crippen LogP contribution is -2.33. The molecule has 1 unspecified atom stereocenters. The number of aliphatic hydroxyl groups is 1. The van der Waals surface area contributed by atoms with Crippen LogP contribution in [0.2, 0.25) is 5.02 Å². The number of amides is 1. The number of hydrogen-bond acceptors (Lipinski definition) is 3. The average molecular weight is 280 g/mol. The summed E-state index contributed by atoms with van der Waals surface area (Å²) in [7, 11) is 0. The Hall–Kier alpha value is -1.52. The smallest absolute Gasteiger partial charge is 0.253 e. The Bertz CT molecular complexity index is 556. The van der Waals surface area contributed by atoms with Crippen molar-refractivity contribution in [2.45, 2.75) is 12.5 Å². The molecule has 1 fully saturated rings. The molecule has 0 spiro atoms. The van der Waals surface area contributed by atoms with Crippen LogP contribution < -0.4 is 4.74 Å². The molecular formula is C14H14ClNO3. The summed E-state index contributed by atoms with van der Waals surface area (Å²) >= 11 is 5.94. The number of β-amino-alcohol motifs (C(OH)–C–C–N with tert-alkyl or cyclic N) is 1. The maximum atomic E-state index is 12.3. The molecule has 3 rings (SSSR count). The molecule has 0 aliphatic carbocycles. The van der Waals surface area contributed by atoms with Gasteiger partial charge in [-0.3, -0.25) is 4.79 Å². The van der Waals surface area contributed by atoms with Crippen molar-refractivity contribution in [3.63, 3.8) is 0 Å². The Morgan fingerprint density at radius 1 is 1.47 bits per heavy atom. The lowest BCUT2D eigenvalue weighted by atomic mass is 10.1. The molecular weight excluding hydrogens is 266 g/mol. The zero-order chi connectivity index (χ0) is 13.4. The topological polar surface area (TPSA) is 49.8 Å². The molecule has 19 heavy (non-hydrogen) atoms. The minimum absolute atomic E-state index is 0.0674. The number of carbonyl (C=O) groups excluding carboxylic acids is 1. The first-order chi connectivity index (χ1) is 9.13. The standard InChI is InChI=1S/C14H14ClNO3/c15-11-1-2-13-9(6-11)5-10(8-19-13)14(18)16-4-3-12(17)7-16/h1-2,5-6,12,17H,3-4,7-8H2. The lowest BCUT2D eigenvalue weighted by Gasteiger charge is -2.22. The van der Waals surface area contributed by atoms with E-state index in [0.717, 1.165) is 11.3 Å². The quantitative estimate of drug-likeness (QED) is 0.851. The molecule has 1 amide bonds. The zero-order valence-corrected chi connectivity index (χ0v) is 11.1. The van der Waals surface area contributed by atoms with Gasteiger partial charge in [-0.1, -0.05) is 11.6 Å². The summed E-state index contributed by atoms with van der Waals surface area (Å²) in [6.45, 7) is 1.26. The number of nitrogens with zero attached hydrogens (tertiary/aromatic N) is 1. The number of carbonyl (C=O) groups is 1. The van der Waals surface area contributed by atoms with E-state index < -0.39 is 6.10 Å². The van der Waals surface area contributed by atoms with Crippen molar-refractivity contribution >= 4 is 23.6 Å². The van der Waals surface area contributed by atoms with Crippen LogP contribution in [0.5, 0.6) is 5.75 Å². The highest BCUT2D eigenvalue weighted by Gasteiger charge is 2.28. The van der Waals surface area contributed by atoms with Crippen LogP contribution in [0.1, 0.15) is 12.0 Å². The summed E-state index contributed by atoms with van der Waals surface area (Å²) in [6.07, 6.45) is 2.05. The fourth-order valence-electron chi connectivity index (χ4n) is 2.40. The van der Waals surface area contributed by atoms with Crippen LogP contribution in [0.15, 0.2) is 23.8 Å². The largest absolute Gasteiger partial charge is 0.488 e. The first kappa shape index (κ1) is 12.5. The second-order valence-corrected chi connectivity index (χ2v) is 5.27. The number of benzene rings is 1. The molecule has 1 N–H and O–H groups in total. The maximum absolute atomic E-state index is 12.3. The van der Waals surface area contributed by atoms with E-state index in [0.29, 0.717) is 30.1 Å². The highest BCUT2D eigenvalue weighted by Crippen LogP contribution is 2.29. The van der Waals surface area contributed by atoms with Crippen LogP contribution in [0, 0.1) is 0 Å². The van der Waals surface area contributed by atoms with Crippen molar-refractivity contribution in [2.24, 2.45) is 0 Å². The fourth-order valence-corrected chi connectivity index (χ4v) is 2.58. The third-order valence-electron chi connectivity index (χ3n) is 3.41. The number of hydrogen-bond donors (Lipinski definition) is 1. The van der Waals surface area contributed by atoms with Gasteiger partial charge in [0.2, 0.25) is 0 Å². The summed E-state index contributed by atoms with van der Waals surface area (Å²) in [4.78, 5) is 13.9. The SMILES string of the molecule is O=C(C1=Cc2cc(Cl)ccc2OC1)N1CCC(O)C1. The summed E-state index contributed by atoms with van der Waals surface area (Å²) < 4.78 is 5.56. The monoisotopic (exact) mass is 279 g/mol. The number of aliphatic hydroxyl groups excluding tert-OH is 1. The van der Waals surface area contributed by atoms with Crippen LogP contribution in [0.25, 0.3) is 6.08 Å². The first-order valence-corrected chi connectivity index (χ1v) is 6.61. The Labute approximate surface area is 116 Å². The van der Waals surface area contributed by atoms with E-state index in [1.807, 2.05) is 6.08 Å². The molecule has 100 valence electrons. The van der Waals surface area contributed by atoms with Crippen molar-refractivity contribution in [1.29, 1.82) is 0 Å². The van der Waals surface area contributed by atoms with Gasteiger partial charge in [0, 0.05) is 23.7 Å². The number of fused-ring (bicyclic) bond motifs is 1. The van der Waals surface area contributed by atoms with E-state index >= 15 is 0 Å². The molecule has 0 radical (unpaired) electrons. The van der Waals surface area contributed by atoms with Crippen LogP contribution in [-0.4, -0.2) is 41.7 Å². The van der Waals surface area contributed by atoms with E-state index in [9.17, 15) is 9.90 Å². The van der Waals surface area contributed by atoms with Gasteiger partial charge in [-0.15, -0.1) is 0 Å². The molecule has 1 aromatic rings. The maximum Gasteiger partial charge on any atom is 0.253 e. The van der Waals surface area contributed by atoms with Gasteiger partial charge in [0.05, 0.1) is 11.7 Å². The highest BCUT2D eigenvalue weighted by molar-refractivity contribution is 6.30. The summed E-state index contributed by atoms with van der Waals surface area (Å²) in [5.74, 6) is 0.671. The molecule has 2 aliphatic rings. The minimum atomic E-state index is -0.407. The molecule has 1 saturated heterocycles. The van der Waals surface area contributed by atoms with Gasteiger partial charge >= 0.3 is 0 Å². The number of likely N-dealkylation sites (tertiary alicyclic amines) is 1. The van der Waals surface area contributed by atoms with Crippen molar-refractivity contribution in [1.82, 2.24) is 4.90 Å². The minimum Gasteiger partial charge on any atom is -0.488 e. The van der Waals surface area contributed by atoms with Gasteiger partial charge in [-0.25, -0.2) is 0 Å². The van der Waals surface area contributed by atoms with Crippen LogP contribution in [0.4, 0.5) is 0 Å². The van der Waals surface area contributed by atoms with E-state index in [-0.39, 0.29) is 12.5 Å². The van der Waals surface area contributed by atoms with Crippen molar-refractivity contribution in [3.8, 4) is 5.75 Å². The van der Waals surface area contributed by atoms with Crippen LogP contribution in [0.3, 0.4) is 0 Å². The second-order valence-electron chi connectivity index (χ2n) is 4.83. The van der Waals surface area contributed by atoms with E-state index in [1.165, 1.54) is 0 Å². The van der Waals surface area contributed by atoms with Crippen molar-refractivity contribution < 1.29 is 14.6 Å². The number of rotatable bonds is 1. The second kappa shape index (κ2) is 4.87. The van der Waals surface area contributed by atoms with Gasteiger partial charge in [0.1, 0.15) is 12.4 Å². The molecule has 1 aromatic carbocycles. The summed E-state index contributed by atoms with van der Waals surface area (Å²) in [5, 5.41) is 10.1. The van der Waals surface area contributed by atoms with Crippen LogP contribution >= 0.6 is 11.6 Å². The lowest BCUT2D eigenvalue weighted by molar-refractivity contribution is -0.126. The van der Waals surface area contributed by atoms with E-state index in [2.05, 4.69) is 0 Å². The molecule has 5 heteroatoms. The molecule has 0 aromatic heterocycles. The average Bonchev–Trinajstić information content (AvgIpc) is 2.83. The molecule has 2 aliphatic heterocycles. The van der Waals surface area contributed by atoms with Crippen molar-refractivity contribution in [2.75, 3.05) is 19.7 Å². The summed E-state index contributed by atoms with van der Waals surface area (Å²) in [5.41, 5.74) is 1.42. The Balaban J connectivity index is 1.84. The van der Waals surface area contributed by atoms with Gasteiger partial charge in [-0.05, 0) is 30.7 Å². The van der Waals surface area contributed by atoms with Gasteiger partial charge in [-0.2, -0.15) is 0 Å². The fraction of sp³-hybridized carbons (Fsp3) is 0.357. The Morgan fingerprint density at radius 3 is 3.05 bits per heavy atom. The number of ether oxygens (including phenoxy) is 1. The molecule has 0 saturated carbocycles. The molecule has 1 atom stereocenters. The van der Waals surface area contributed by atoms with E-state index in [1.54, 1.807) is 23.1 Å². The Kier molecular flexibility index (Phi) is 3.21. The zero-order valence-electron chi connectivity index (χ0n) is 10.3. The Morgan fingerprint density at radius 2 is 2.32 bits per heavy atom. The third-order valence-corrected chi connectivity index (χ3v) is 3.65. The molecule has 4 nitrogen and oxygen atoms in total. The van der Waals surface area contributed by atoms with Gasteiger partial charge in [0.25, 0.3) is 5.91 Å². The van der Waals surface area contributed by atoms with E-state index in [4.69, 9.17) is 16.3 Å². The normalized spacial score (nSPS) is 21.7. The predicted octanol–water partition coefficient (Wildman–Crippen LogP) is 1.71. The van der Waals surface area contributed by atoms with Crippen LogP contribution in [-0.2, 0) is 4.79 Å². The third kappa shape index (κ3) is 2.46. The highest BCUT2D eigenvalue weighted by atomic mass is 35.5. The molecule has 2 heterocycles. The number of halogens is 1.